The highest BCUT2D eigenvalue weighted by atomic mass is 35.5. The molecule has 0 spiro atoms. The number of carbonyl (C=O) groups is 2. The summed E-state index contributed by atoms with van der Waals surface area (Å²) in [5, 5.41) is 12.9. The van der Waals surface area contributed by atoms with E-state index in [0.29, 0.717) is 50.6 Å². The second-order valence-corrected chi connectivity index (χ2v) is 18.4. The quantitative estimate of drug-likeness (QED) is 0.111. The number of sulfonamides is 1. The molecule has 0 saturated heterocycles. The Bertz CT molecular complexity index is 2910. The van der Waals surface area contributed by atoms with E-state index in [4.69, 9.17) is 52.1 Å². The first-order chi connectivity index (χ1) is 31.3. The van der Waals surface area contributed by atoms with Gasteiger partial charge >= 0.3 is 5.97 Å². The molecule has 6 aromatic rings. The number of aryl methyl sites for hydroxylation is 1. The molecule has 0 bridgehead atoms. The average molecular weight is 933 g/mol. The number of rotatable bonds is 13. The lowest BCUT2D eigenvalue weighted by Gasteiger charge is -2.37. The van der Waals surface area contributed by atoms with Crippen LogP contribution in [0.1, 0.15) is 45.0 Å². The summed E-state index contributed by atoms with van der Waals surface area (Å²) in [6, 6.07) is 35.4. The smallest absolute Gasteiger partial charge is 0.328 e. The number of halogens is 2. The lowest BCUT2D eigenvalue weighted by Crippen LogP contribution is -2.56. The fourth-order valence-electron chi connectivity index (χ4n) is 7.87. The molecule has 0 unspecified atom stereocenters. The Labute approximate surface area is 387 Å². The molecular weight excluding hydrogens is 890 g/mol. The van der Waals surface area contributed by atoms with Gasteiger partial charge in [-0.25, -0.2) is 13.2 Å². The van der Waals surface area contributed by atoms with E-state index >= 15 is 0 Å². The van der Waals surface area contributed by atoms with Crippen molar-refractivity contribution in [1.29, 1.82) is 5.26 Å². The van der Waals surface area contributed by atoms with Crippen LogP contribution < -0.4 is 24.3 Å². The van der Waals surface area contributed by atoms with E-state index in [-0.39, 0.29) is 36.6 Å². The number of hydrogen-bond acceptors (Lipinski definition) is 10. The number of nitriles is 1. The lowest BCUT2D eigenvalue weighted by atomic mass is 9.93. The summed E-state index contributed by atoms with van der Waals surface area (Å²) in [5.74, 6) is 0.263. The SMILES string of the molecule is COC(=O)[C@H](Cc1ccc(-c2ccc(C#N)cc2)cc1)NC(=O)[C@@H]1Cc2cc3c(cc2CN1S(=O)(=O)c1ccc(C)cc1OC)O[C@@H](c1ccc(OCc2ccc(Cl)c(Cl)c2)cc1)CO3. The number of esters is 1. The van der Waals surface area contributed by atoms with Crippen molar-refractivity contribution in [2.45, 2.75) is 56.0 Å². The topological polar surface area (TPSA) is 153 Å². The molecule has 15 heteroatoms. The standard InChI is InChI=1S/C50H43Cl2N3O9S/c1-30-4-19-48(46(20-30)60-2)65(58,59)55-27-38-25-45-44(63-29-47(64-45)36-14-16-39(17-15-36)62-28-33-9-18-40(51)41(52)21-33)24-37(38)23-43(55)49(56)54-42(50(57)61-3)22-31-5-10-34(11-6-31)35-12-7-32(26-53)8-13-35/h4-21,24-25,42-43,47H,22-23,27-29H2,1-3H3,(H,54,56)/t42-,43-,47+/m0/s1. The minimum absolute atomic E-state index is 0.0362. The van der Waals surface area contributed by atoms with Crippen molar-refractivity contribution in [3.05, 3.63) is 170 Å². The Morgan fingerprint density at radius 2 is 1.54 bits per heavy atom. The number of nitrogens with zero attached hydrogens (tertiary/aromatic N) is 2. The van der Waals surface area contributed by atoms with Gasteiger partial charge in [-0.15, -0.1) is 0 Å². The molecule has 6 aromatic carbocycles. The third kappa shape index (κ3) is 9.91. The minimum Gasteiger partial charge on any atom is -0.495 e. The maximum Gasteiger partial charge on any atom is 0.328 e. The summed E-state index contributed by atoms with van der Waals surface area (Å²) >= 11 is 12.2. The summed E-state index contributed by atoms with van der Waals surface area (Å²) in [7, 11) is -1.79. The van der Waals surface area contributed by atoms with E-state index in [9.17, 15) is 18.0 Å². The highest BCUT2D eigenvalue weighted by molar-refractivity contribution is 7.89. The van der Waals surface area contributed by atoms with Gasteiger partial charge in [0.05, 0.1) is 35.9 Å². The number of nitrogens with one attached hydrogen (secondary N) is 1. The number of methoxy groups -OCH3 is 2. The largest absolute Gasteiger partial charge is 0.495 e. The summed E-state index contributed by atoms with van der Waals surface area (Å²) in [4.78, 5) is 27.7. The van der Waals surface area contributed by atoms with Crippen LogP contribution in [0.4, 0.5) is 0 Å². The van der Waals surface area contributed by atoms with Gasteiger partial charge in [0.15, 0.2) is 17.6 Å². The van der Waals surface area contributed by atoms with Crippen LogP contribution in [0.2, 0.25) is 10.0 Å². The number of fused-ring (bicyclic) bond motifs is 2. The molecule has 332 valence electrons. The van der Waals surface area contributed by atoms with E-state index in [1.54, 1.807) is 48.5 Å². The molecule has 0 aliphatic carbocycles. The van der Waals surface area contributed by atoms with Gasteiger partial charge in [-0.05, 0) is 119 Å². The van der Waals surface area contributed by atoms with Crippen molar-refractivity contribution >= 4 is 45.1 Å². The maximum absolute atomic E-state index is 14.7. The predicted molar refractivity (Wildman–Crippen MR) is 245 cm³/mol. The van der Waals surface area contributed by atoms with Crippen LogP contribution in [-0.2, 0) is 50.3 Å². The van der Waals surface area contributed by atoms with Crippen LogP contribution >= 0.6 is 23.2 Å². The van der Waals surface area contributed by atoms with Gasteiger partial charge in [-0.1, -0.05) is 83.9 Å². The Morgan fingerprint density at radius 3 is 2.22 bits per heavy atom. The molecule has 2 aliphatic rings. The first kappa shape index (κ1) is 45.0. The van der Waals surface area contributed by atoms with Crippen LogP contribution in [0.3, 0.4) is 0 Å². The van der Waals surface area contributed by atoms with Gasteiger partial charge in [0, 0.05) is 13.0 Å². The lowest BCUT2D eigenvalue weighted by molar-refractivity contribution is -0.145. The molecule has 3 atom stereocenters. The Balaban J connectivity index is 1.03. The Morgan fingerprint density at radius 1 is 0.846 bits per heavy atom. The van der Waals surface area contributed by atoms with E-state index in [2.05, 4.69) is 11.4 Å². The Kier molecular flexibility index (Phi) is 13.3. The van der Waals surface area contributed by atoms with Crippen molar-refractivity contribution in [2.24, 2.45) is 0 Å². The fourth-order valence-corrected chi connectivity index (χ4v) is 9.89. The van der Waals surface area contributed by atoms with Crippen LogP contribution in [0, 0.1) is 18.3 Å². The summed E-state index contributed by atoms with van der Waals surface area (Å²) in [6.45, 7) is 2.12. The summed E-state index contributed by atoms with van der Waals surface area (Å²) < 4.78 is 60.0. The van der Waals surface area contributed by atoms with Gasteiger partial charge in [-0.3, -0.25) is 4.79 Å². The first-order valence-electron chi connectivity index (χ1n) is 20.6. The molecule has 65 heavy (non-hydrogen) atoms. The number of hydrogen-bond donors (Lipinski definition) is 1. The molecule has 2 aliphatic heterocycles. The van der Waals surface area contributed by atoms with Gasteiger partial charge < -0.3 is 29.0 Å². The zero-order valence-corrected chi connectivity index (χ0v) is 37.9. The van der Waals surface area contributed by atoms with Gasteiger partial charge in [0.25, 0.3) is 0 Å². The van der Waals surface area contributed by atoms with E-state index in [1.165, 1.54) is 20.3 Å². The number of carbonyl (C=O) groups excluding carboxylic acids is 2. The minimum atomic E-state index is -4.40. The van der Waals surface area contributed by atoms with Crippen molar-refractivity contribution in [3.8, 4) is 40.2 Å². The first-order valence-corrected chi connectivity index (χ1v) is 22.8. The van der Waals surface area contributed by atoms with Crippen molar-refractivity contribution in [2.75, 3.05) is 20.8 Å². The van der Waals surface area contributed by atoms with Crippen LogP contribution in [0.15, 0.2) is 126 Å². The highest BCUT2D eigenvalue weighted by Gasteiger charge is 2.43. The molecule has 0 saturated carbocycles. The third-order valence-corrected chi connectivity index (χ3v) is 14.0. The summed E-state index contributed by atoms with van der Waals surface area (Å²) in [6.07, 6.45) is -0.445. The van der Waals surface area contributed by atoms with Crippen LogP contribution in [0.5, 0.6) is 23.0 Å². The van der Waals surface area contributed by atoms with E-state index in [0.717, 1.165) is 37.7 Å². The molecule has 0 aromatic heterocycles. The third-order valence-electron chi connectivity index (χ3n) is 11.4. The number of amides is 1. The molecule has 1 amide bonds. The normalized spacial score (nSPS) is 16.1. The monoisotopic (exact) mass is 931 g/mol. The average Bonchev–Trinajstić information content (AvgIpc) is 3.32. The van der Waals surface area contributed by atoms with Gasteiger partial charge in [-0.2, -0.15) is 9.57 Å². The predicted octanol–water partition coefficient (Wildman–Crippen LogP) is 8.96. The number of benzene rings is 6. The highest BCUT2D eigenvalue weighted by Crippen LogP contribution is 2.42. The van der Waals surface area contributed by atoms with Crippen LogP contribution in [0.25, 0.3) is 11.1 Å². The maximum atomic E-state index is 14.7. The molecular formula is C50H43Cl2N3O9S. The van der Waals surface area contributed by atoms with Crippen LogP contribution in [-0.4, -0.2) is 57.5 Å². The zero-order chi connectivity index (χ0) is 45.8. The second-order valence-electron chi connectivity index (χ2n) is 15.7. The van der Waals surface area contributed by atoms with Crippen molar-refractivity contribution in [3.63, 3.8) is 0 Å². The Hall–Kier alpha value is -6.56. The zero-order valence-electron chi connectivity index (χ0n) is 35.5. The van der Waals surface area contributed by atoms with E-state index in [1.807, 2.05) is 73.7 Å². The number of ether oxygens (including phenoxy) is 5. The van der Waals surface area contributed by atoms with Gasteiger partial charge in [0.1, 0.15) is 41.7 Å². The molecule has 2 heterocycles. The van der Waals surface area contributed by atoms with Gasteiger partial charge in [0.2, 0.25) is 15.9 Å². The molecule has 0 radical (unpaired) electrons. The van der Waals surface area contributed by atoms with Crippen molar-refractivity contribution in [1.82, 2.24) is 9.62 Å². The van der Waals surface area contributed by atoms with E-state index < -0.39 is 40.1 Å². The second kappa shape index (κ2) is 19.3. The molecule has 0 fully saturated rings. The van der Waals surface area contributed by atoms with Crippen molar-refractivity contribution < 1.29 is 41.7 Å². The molecule has 1 N–H and O–H groups in total. The fraction of sp³-hybridized carbons (Fsp3) is 0.220. The molecule has 12 nitrogen and oxygen atoms in total. The summed E-state index contributed by atoms with van der Waals surface area (Å²) in [5.41, 5.74) is 6.88. The molecule has 8 rings (SSSR count).